The number of nitrogens with one attached hydrogen (secondary N) is 2. The molecular formula is C41H57N5O5S. The Balaban J connectivity index is 1.25. The SMILES string of the molecule is Cc1ncsc1-c1ccc([C@H](C)NC(=O)[C@@H]2C[C@@H](O)CN2C(=O)[C@@H](NC(=O)CCCCCc2cccc(CCCCCC(N)=O)c2)C(C)(C)C)cc1. The average Bonchev–Trinajstić information content (AvgIpc) is 3.71. The smallest absolute Gasteiger partial charge is 0.246 e. The number of β-amino-alcohol motifs (C(OH)–C–C–N with tert-alkyl or cyclic N) is 1. The number of carbonyl (C=O) groups is 4. The number of unbranched alkanes of at least 4 members (excludes halogenated alkanes) is 4. The molecular weight excluding hydrogens is 675 g/mol. The second kappa shape index (κ2) is 19.1. The lowest BCUT2D eigenvalue weighted by molar-refractivity contribution is -0.144. The van der Waals surface area contributed by atoms with Gasteiger partial charge in [-0.15, -0.1) is 11.3 Å². The van der Waals surface area contributed by atoms with Crippen LogP contribution in [0.4, 0.5) is 0 Å². The van der Waals surface area contributed by atoms with E-state index in [1.54, 1.807) is 11.3 Å². The largest absolute Gasteiger partial charge is 0.391 e. The number of aromatic nitrogens is 1. The fourth-order valence-corrected chi connectivity index (χ4v) is 7.60. The van der Waals surface area contributed by atoms with Crippen LogP contribution in [-0.4, -0.2) is 63.4 Å². The lowest BCUT2D eigenvalue weighted by Gasteiger charge is -2.35. The van der Waals surface area contributed by atoms with E-state index in [0.29, 0.717) is 19.3 Å². The summed E-state index contributed by atoms with van der Waals surface area (Å²) in [6.07, 6.45) is 7.33. The summed E-state index contributed by atoms with van der Waals surface area (Å²) >= 11 is 1.59. The summed E-state index contributed by atoms with van der Waals surface area (Å²) in [7, 11) is 0. The van der Waals surface area contributed by atoms with Crippen molar-refractivity contribution in [2.45, 2.75) is 129 Å². The zero-order valence-corrected chi connectivity index (χ0v) is 32.3. The molecule has 0 radical (unpaired) electrons. The van der Waals surface area contributed by atoms with Crippen molar-refractivity contribution in [2.24, 2.45) is 11.1 Å². The normalized spacial score (nSPS) is 17.1. The van der Waals surface area contributed by atoms with Gasteiger partial charge in [0.1, 0.15) is 12.1 Å². The Hall–Kier alpha value is -4.09. The molecule has 1 aromatic heterocycles. The van der Waals surface area contributed by atoms with E-state index in [1.165, 1.54) is 16.0 Å². The summed E-state index contributed by atoms with van der Waals surface area (Å²) in [5.74, 6) is -1.13. The molecule has 2 heterocycles. The summed E-state index contributed by atoms with van der Waals surface area (Å²) < 4.78 is 0. The summed E-state index contributed by atoms with van der Waals surface area (Å²) in [6.45, 7) is 9.60. The highest BCUT2D eigenvalue weighted by Crippen LogP contribution is 2.30. The van der Waals surface area contributed by atoms with Gasteiger partial charge in [0, 0.05) is 25.8 Å². The van der Waals surface area contributed by atoms with Gasteiger partial charge in [-0.2, -0.15) is 0 Å². The van der Waals surface area contributed by atoms with Crippen molar-refractivity contribution in [3.05, 3.63) is 76.4 Å². The minimum atomic E-state index is -0.848. The number of hydrogen-bond acceptors (Lipinski definition) is 7. The molecule has 0 saturated carbocycles. The molecule has 282 valence electrons. The fraction of sp³-hybridized carbons (Fsp3) is 0.537. The van der Waals surface area contributed by atoms with Crippen LogP contribution in [0.15, 0.2) is 54.0 Å². The average molecular weight is 732 g/mol. The molecule has 3 aromatic rings. The van der Waals surface area contributed by atoms with Crippen molar-refractivity contribution >= 4 is 35.0 Å². The number of nitrogens with zero attached hydrogens (tertiary/aromatic N) is 2. The molecule has 1 saturated heterocycles. The van der Waals surface area contributed by atoms with Crippen LogP contribution >= 0.6 is 11.3 Å². The third kappa shape index (κ3) is 12.0. The molecule has 10 nitrogen and oxygen atoms in total. The van der Waals surface area contributed by atoms with E-state index in [1.807, 2.05) is 64.4 Å². The first-order valence-corrected chi connectivity index (χ1v) is 19.6. The Morgan fingerprint density at radius 3 is 2.15 bits per heavy atom. The molecule has 11 heteroatoms. The topological polar surface area (TPSA) is 155 Å². The Bertz CT molecular complexity index is 1650. The van der Waals surface area contributed by atoms with E-state index < -0.39 is 23.6 Å². The van der Waals surface area contributed by atoms with Gasteiger partial charge in [-0.25, -0.2) is 4.98 Å². The number of nitrogens with two attached hydrogens (primary N) is 1. The van der Waals surface area contributed by atoms with E-state index in [-0.39, 0.29) is 42.6 Å². The highest BCUT2D eigenvalue weighted by molar-refractivity contribution is 7.13. The Morgan fingerprint density at radius 1 is 0.942 bits per heavy atom. The maximum absolute atomic E-state index is 14.0. The number of aliphatic hydroxyl groups is 1. The van der Waals surface area contributed by atoms with Crippen molar-refractivity contribution in [1.29, 1.82) is 0 Å². The highest BCUT2D eigenvalue weighted by Gasteiger charge is 2.44. The molecule has 1 aliphatic rings. The van der Waals surface area contributed by atoms with Gasteiger partial charge in [-0.1, -0.05) is 82.1 Å². The minimum absolute atomic E-state index is 0.0349. The van der Waals surface area contributed by atoms with E-state index in [2.05, 4.69) is 39.9 Å². The van der Waals surface area contributed by atoms with E-state index in [9.17, 15) is 24.3 Å². The van der Waals surface area contributed by atoms with Crippen LogP contribution in [0.5, 0.6) is 0 Å². The van der Waals surface area contributed by atoms with Crippen LogP contribution < -0.4 is 16.4 Å². The Labute approximate surface area is 313 Å². The van der Waals surface area contributed by atoms with Crippen LogP contribution in [-0.2, 0) is 32.0 Å². The molecule has 5 N–H and O–H groups in total. The summed E-state index contributed by atoms with van der Waals surface area (Å²) in [6, 6.07) is 14.6. The molecule has 4 atom stereocenters. The van der Waals surface area contributed by atoms with Crippen molar-refractivity contribution in [3.8, 4) is 10.4 Å². The summed E-state index contributed by atoms with van der Waals surface area (Å²) in [4.78, 5) is 58.5. The number of likely N-dealkylation sites (tertiary alicyclic amines) is 1. The van der Waals surface area contributed by atoms with Crippen LogP contribution in [0, 0.1) is 12.3 Å². The maximum atomic E-state index is 14.0. The molecule has 0 spiro atoms. The molecule has 4 amide bonds. The van der Waals surface area contributed by atoms with Crippen molar-refractivity contribution in [2.75, 3.05) is 6.54 Å². The first-order valence-electron chi connectivity index (χ1n) is 18.7. The zero-order valence-electron chi connectivity index (χ0n) is 31.5. The number of benzene rings is 2. The summed E-state index contributed by atoms with van der Waals surface area (Å²) in [5.41, 5.74) is 12.0. The second-order valence-corrected chi connectivity index (χ2v) is 16.1. The van der Waals surface area contributed by atoms with Gasteiger partial charge in [0.2, 0.25) is 23.6 Å². The third-order valence-electron chi connectivity index (χ3n) is 9.81. The van der Waals surface area contributed by atoms with Gasteiger partial charge in [-0.3, -0.25) is 19.2 Å². The van der Waals surface area contributed by atoms with Crippen LogP contribution in [0.1, 0.15) is 114 Å². The number of thiazole rings is 1. The van der Waals surface area contributed by atoms with Gasteiger partial charge in [0.05, 0.1) is 28.2 Å². The predicted octanol–water partition coefficient (Wildman–Crippen LogP) is 6.18. The number of amides is 4. The first-order chi connectivity index (χ1) is 24.7. The number of primary amides is 1. The molecule has 4 rings (SSSR count). The quantitative estimate of drug-likeness (QED) is 0.115. The maximum Gasteiger partial charge on any atom is 0.246 e. The number of hydrogen-bond donors (Lipinski definition) is 4. The number of rotatable bonds is 18. The molecule has 0 bridgehead atoms. The number of aliphatic hydroxyl groups excluding tert-OH is 1. The summed E-state index contributed by atoms with van der Waals surface area (Å²) in [5, 5.41) is 16.6. The molecule has 0 unspecified atom stereocenters. The van der Waals surface area contributed by atoms with Gasteiger partial charge < -0.3 is 26.4 Å². The lowest BCUT2D eigenvalue weighted by Crippen LogP contribution is -2.57. The van der Waals surface area contributed by atoms with Crippen LogP contribution in [0.3, 0.4) is 0 Å². The standard InChI is InChI=1S/C41H57N5O5S/c1-27(31-19-21-32(22-20-31)37-28(2)43-26-52-37)44-39(50)34-24-33(47)25-46(34)40(51)38(41(3,4)5)45-36(49)18-11-7-9-14-30-16-12-15-29(23-30)13-8-6-10-17-35(42)48/h12,15-16,19-23,26-27,33-34,38,47H,6-11,13-14,17-18,24-25H2,1-5H3,(H2,42,48)(H,44,50)(H,45,49)/t27-,33+,34-,38+/m0/s1. The number of carbonyl (C=O) groups excluding carboxylic acids is 4. The van der Waals surface area contributed by atoms with E-state index in [4.69, 9.17) is 5.73 Å². The van der Waals surface area contributed by atoms with Crippen molar-refractivity contribution < 1.29 is 24.3 Å². The van der Waals surface area contributed by atoms with Gasteiger partial charge >= 0.3 is 0 Å². The fourth-order valence-electron chi connectivity index (χ4n) is 6.79. The molecule has 1 aliphatic heterocycles. The van der Waals surface area contributed by atoms with Crippen LogP contribution in [0.2, 0.25) is 0 Å². The first kappa shape index (κ1) is 40.7. The minimum Gasteiger partial charge on any atom is -0.391 e. The van der Waals surface area contributed by atoms with Gasteiger partial charge in [0.25, 0.3) is 0 Å². The molecule has 2 aromatic carbocycles. The third-order valence-corrected chi connectivity index (χ3v) is 10.8. The predicted molar refractivity (Wildman–Crippen MR) is 206 cm³/mol. The van der Waals surface area contributed by atoms with Crippen molar-refractivity contribution in [1.82, 2.24) is 20.5 Å². The monoisotopic (exact) mass is 731 g/mol. The zero-order chi connectivity index (χ0) is 37.8. The molecule has 1 fully saturated rings. The Kier molecular flexibility index (Phi) is 15.0. The lowest BCUT2D eigenvalue weighted by atomic mass is 9.85. The Morgan fingerprint density at radius 2 is 1.58 bits per heavy atom. The van der Waals surface area contributed by atoms with E-state index >= 15 is 0 Å². The second-order valence-electron chi connectivity index (χ2n) is 15.3. The van der Waals surface area contributed by atoms with Crippen LogP contribution in [0.25, 0.3) is 10.4 Å². The molecule has 52 heavy (non-hydrogen) atoms. The van der Waals surface area contributed by atoms with E-state index in [0.717, 1.165) is 66.6 Å². The molecule has 0 aliphatic carbocycles. The highest BCUT2D eigenvalue weighted by atomic mass is 32.1. The van der Waals surface area contributed by atoms with Gasteiger partial charge in [0.15, 0.2) is 0 Å². The van der Waals surface area contributed by atoms with Crippen molar-refractivity contribution in [3.63, 3.8) is 0 Å². The number of aryl methyl sites for hydroxylation is 3. The van der Waals surface area contributed by atoms with Gasteiger partial charge in [-0.05, 0) is 80.0 Å².